The quantitative estimate of drug-likeness (QED) is 0.251. The number of allylic oxidation sites excluding steroid dienone is 1. The molecule has 122 valence electrons. The van der Waals surface area contributed by atoms with Crippen LogP contribution in [0.3, 0.4) is 0 Å². The third-order valence-corrected chi connectivity index (χ3v) is 5.38. The number of esters is 1. The highest BCUT2D eigenvalue weighted by Gasteiger charge is 2.14. The normalized spacial score (nSPS) is 13.4. The summed E-state index contributed by atoms with van der Waals surface area (Å²) in [6.07, 6.45) is 6.60. The maximum atomic E-state index is 11.3. The number of ether oxygens (including phenoxy) is 1. The first-order chi connectivity index (χ1) is 9.78. The second kappa shape index (κ2) is 11.1. The number of carbonyl (C=O) groups is 1. The van der Waals surface area contributed by atoms with Gasteiger partial charge in [-0.1, -0.05) is 25.7 Å². The standard InChI is InChI=1S/C16H31NO2SSi/c1-7-19-16(18)11-10-14(2)17-12-8-9-15(20-3)13-21(4,5)6/h9H,7-8,10-13H2,1-6H3/b15-9-,17-14?. The van der Waals surface area contributed by atoms with E-state index in [1.165, 1.54) is 10.9 Å². The van der Waals surface area contributed by atoms with Gasteiger partial charge < -0.3 is 4.74 Å². The molecule has 0 aliphatic heterocycles. The van der Waals surface area contributed by atoms with E-state index in [0.29, 0.717) is 19.4 Å². The summed E-state index contributed by atoms with van der Waals surface area (Å²) >= 11 is 1.86. The van der Waals surface area contributed by atoms with Crippen LogP contribution in [-0.2, 0) is 9.53 Å². The van der Waals surface area contributed by atoms with Crippen LogP contribution in [0.25, 0.3) is 0 Å². The highest BCUT2D eigenvalue weighted by molar-refractivity contribution is 8.02. The van der Waals surface area contributed by atoms with E-state index in [1.807, 2.05) is 25.6 Å². The van der Waals surface area contributed by atoms with Crippen LogP contribution >= 0.6 is 11.8 Å². The number of carbonyl (C=O) groups excluding carboxylic acids is 1. The van der Waals surface area contributed by atoms with E-state index in [9.17, 15) is 4.79 Å². The smallest absolute Gasteiger partial charge is 0.306 e. The van der Waals surface area contributed by atoms with Crippen molar-refractivity contribution in [2.45, 2.75) is 58.8 Å². The Hall–Kier alpha value is -0.553. The topological polar surface area (TPSA) is 38.7 Å². The summed E-state index contributed by atoms with van der Waals surface area (Å²) in [5.41, 5.74) is 1.03. The molecule has 0 N–H and O–H groups in total. The Morgan fingerprint density at radius 1 is 1.29 bits per heavy atom. The number of nitrogens with zero attached hydrogens (tertiary/aromatic N) is 1. The van der Waals surface area contributed by atoms with Crippen molar-refractivity contribution < 1.29 is 9.53 Å². The predicted octanol–water partition coefficient (Wildman–Crippen LogP) is 4.77. The second-order valence-electron chi connectivity index (χ2n) is 6.32. The molecule has 0 amide bonds. The Balaban J connectivity index is 4.09. The lowest BCUT2D eigenvalue weighted by Crippen LogP contribution is -2.19. The molecular formula is C16H31NO2SSi. The summed E-state index contributed by atoms with van der Waals surface area (Å²) in [4.78, 5) is 17.3. The van der Waals surface area contributed by atoms with Crippen molar-refractivity contribution in [2.24, 2.45) is 4.99 Å². The molecule has 3 nitrogen and oxygen atoms in total. The fraction of sp³-hybridized carbons (Fsp3) is 0.750. The monoisotopic (exact) mass is 329 g/mol. The van der Waals surface area contributed by atoms with Gasteiger partial charge in [-0.25, -0.2) is 0 Å². The molecule has 0 saturated heterocycles. The van der Waals surface area contributed by atoms with Crippen LogP contribution in [0, 0.1) is 0 Å². The van der Waals surface area contributed by atoms with Gasteiger partial charge in [-0.15, -0.1) is 11.8 Å². The minimum Gasteiger partial charge on any atom is -0.466 e. The van der Waals surface area contributed by atoms with Crippen molar-refractivity contribution in [3.63, 3.8) is 0 Å². The molecule has 0 radical (unpaired) electrons. The molecule has 0 fully saturated rings. The van der Waals surface area contributed by atoms with Crippen LogP contribution in [-0.4, -0.2) is 39.2 Å². The molecule has 0 unspecified atom stereocenters. The van der Waals surface area contributed by atoms with Crippen molar-refractivity contribution in [1.82, 2.24) is 0 Å². The SMILES string of the molecule is CCOC(=O)CCC(C)=NCC/C=C(/C[Si](C)(C)C)SC. The fourth-order valence-electron chi connectivity index (χ4n) is 1.83. The van der Waals surface area contributed by atoms with Gasteiger partial charge in [-0.3, -0.25) is 9.79 Å². The molecule has 0 aromatic rings. The Morgan fingerprint density at radius 3 is 2.48 bits per heavy atom. The van der Waals surface area contributed by atoms with Gasteiger partial charge in [0.1, 0.15) is 0 Å². The van der Waals surface area contributed by atoms with Crippen molar-refractivity contribution in [3.05, 3.63) is 11.0 Å². The second-order valence-corrected chi connectivity index (χ2v) is 12.7. The molecule has 0 spiro atoms. The summed E-state index contributed by atoms with van der Waals surface area (Å²) in [5, 5.41) is 0. The molecule has 0 aromatic carbocycles. The van der Waals surface area contributed by atoms with Crippen molar-refractivity contribution in [1.29, 1.82) is 0 Å². The first-order valence-electron chi connectivity index (χ1n) is 7.67. The molecule has 0 rings (SSSR count). The third-order valence-electron chi connectivity index (χ3n) is 2.85. The zero-order chi connectivity index (χ0) is 16.3. The minimum atomic E-state index is -1.03. The Bertz CT molecular complexity index is 373. The van der Waals surface area contributed by atoms with Crippen LogP contribution < -0.4 is 0 Å². The highest BCUT2D eigenvalue weighted by Crippen LogP contribution is 2.24. The highest BCUT2D eigenvalue weighted by atomic mass is 32.2. The molecule has 5 heteroatoms. The van der Waals surface area contributed by atoms with Gasteiger partial charge in [0, 0.05) is 20.3 Å². The van der Waals surface area contributed by atoms with Gasteiger partial charge in [0.25, 0.3) is 0 Å². The molecule has 0 aliphatic carbocycles. The molecule has 0 aromatic heterocycles. The zero-order valence-corrected chi connectivity index (χ0v) is 16.3. The van der Waals surface area contributed by atoms with Crippen LogP contribution in [0.2, 0.25) is 25.7 Å². The Morgan fingerprint density at radius 2 is 1.95 bits per heavy atom. The lowest BCUT2D eigenvalue weighted by atomic mass is 10.2. The van der Waals surface area contributed by atoms with E-state index in [1.54, 1.807) is 0 Å². The molecule has 0 heterocycles. The third kappa shape index (κ3) is 12.9. The van der Waals surface area contributed by atoms with E-state index in [0.717, 1.165) is 18.7 Å². The molecule has 21 heavy (non-hydrogen) atoms. The molecule has 0 saturated carbocycles. The molecule has 0 atom stereocenters. The molecule has 0 bridgehead atoms. The molecule has 0 aliphatic rings. The van der Waals surface area contributed by atoms with Crippen LogP contribution in [0.15, 0.2) is 16.0 Å². The number of hydrogen-bond acceptors (Lipinski definition) is 4. The van der Waals surface area contributed by atoms with E-state index >= 15 is 0 Å². The lowest BCUT2D eigenvalue weighted by molar-refractivity contribution is -0.142. The van der Waals surface area contributed by atoms with E-state index < -0.39 is 8.07 Å². The van der Waals surface area contributed by atoms with Gasteiger partial charge in [-0.05, 0) is 43.9 Å². The number of rotatable bonds is 10. The van der Waals surface area contributed by atoms with Crippen LogP contribution in [0.4, 0.5) is 0 Å². The largest absolute Gasteiger partial charge is 0.466 e. The van der Waals surface area contributed by atoms with Gasteiger partial charge in [-0.2, -0.15) is 0 Å². The van der Waals surface area contributed by atoms with Crippen molar-refractivity contribution in [3.8, 4) is 0 Å². The van der Waals surface area contributed by atoms with Crippen molar-refractivity contribution >= 4 is 31.5 Å². The Kier molecular flexibility index (Phi) is 10.8. The summed E-state index contributed by atoms with van der Waals surface area (Å²) < 4.78 is 4.91. The minimum absolute atomic E-state index is 0.133. The van der Waals surface area contributed by atoms with E-state index in [-0.39, 0.29) is 5.97 Å². The number of hydrogen-bond donors (Lipinski definition) is 0. The first-order valence-corrected chi connectivity index (χ1v) is 12.6. The van der Waals surface area contributed by atoms with Gasteiger partial charge in [0.15, 0.2) is 0 Å². The number of aliphatic imine (C=N–C) groups is 1. The average Bonchev–Trinajstić information content (AvgIpc) is 2.39. The summed E-state index contributed by atoms with van der Waals surface area (Å²) in [6.45, 7) is 12.3. The zero-order valence-electron chi connectivity index (χ0n) is 14.5. The van der Waals surface area contributed by atoms with Gasteiger partial charge in [0.2, 0.25) is 0 Å². The van der Waals surface area contributed by atoms with E-state index in [2.05, 4.69) is 37.0 Å². The summed E-state index contributed by atoms with van der Waals surface area (Å²) in [5.74, 6) is -0.133. The predicted molar refractivity (Wildman–Crippen MR) is 98.2 cm³/mol. The van der Waals surface area contributed by atoms with E-state index in [4.69, 9.17) is 4.74 Å². The maximum Gasteiger partial charge on any atom is 0.306 e. The lowest BCUT2D eigenvalue weighted by Gasteiger charge is -2.17. The number of thioether (sulfide) groups is 1. The maximum absolute atomic E-state index is 11.3. The average molecular weight is 330 g/mol. The van der Waals surface area contributed by atoms with Gasteiger partial charge >= 0.3 is 5.97 Å². The fourth-order valence-corrected chi connectivity index (χ4v) is 5.18. The van der Waals surface area contributed by atoms with Crippen molar-refractivity contribution in [2.75, 3.05) is 19.4 Å². The Labute approximate surface area is 135 Å². The summed E-state index contributed by atoms with van der Waals surface area (Å²) in [6, 6.07) is 1.25. The molecular weight excluding hydrogens is 298 g/mol. The van der Waals surface area contributed by atoms with Gasteiger partial charge in [0.05, 0.1) is 13.0 Å². The van der Waals surface area contributed by atoms with Crippen LogP contribution in [0.5, 0.6) is 0 Å². The first kappa shape index (κ1) is 20.4. The summed E-state index contributed by atoms with van der Waals surface area (Å²) in [7, 11) is -1.03. The van der Waals surface area contributed by atoms with Crippen LogP contribution in [0.1, 0.15) is 33.1 Å².